The van der Waals surface area contributed by atoms with E-state index in [1.165, 1.54) is 16.4 Å². The van der Waals surface area contributed by atoms with E-state index in [9.17, 15) is 17.6 Å². The highest BCUT2D eigenvalue weighted by Crippen LogP contribution is 2.34. The van der Waals surface area contributed by atoms with Crippen LogP contribution in [0.4, 0.5) is 10.1 Å². The fourth-order valence-electron chi connectivity index (χ4n) is 2.95. The molecule has 156 valence electrons. The Morgan fingerprint density at radius 3 is 2.48 bits per heavy atom. The van der Waals surface area contributed by atoms with Crippen molar-refractivity contribution in [1.29, 1.82) is 0 Å². The lowest BCUT2D eigenvalue weighted by Gasteiger charge is -2.25. The lowest BCUT2D eigenvalue weighted by Crippen LogP contribution is -2.32. The Bertz CT molecular complexity index is 963. The van der Waals surface area contributed by atoms with Crippen molar-refractivity contribution in [1.82, 2.24) is 5.32 Å². The van der Waals surface area contributed by atoms with Gasteiger partial charge in [0, 0.05) is 25.6 Å². The van der Waals surface area contributed by atoms with Gasteiger partial charge in [-0.15, -0.1) is 0 Å². The summed E-state index contributed by atoms with van der Waals surface area (Å²) in [6.45, 7) is 1.30. The summed E-state index contributed by atoms with van der Waals surface area (Å²) in [5, 5.41) is 2.75. The number of anilines is 1. The highest BCUT2D eigenvalue weighted by molar-refractivity contribution is 7.92. The Kier molecular flexibility index (Phi) is 6.58. The second kappa shape index (κ2) is 9.13. The smallest absolute Gasteiger partial charge is 0.232 e. The summed E-state index contributed by atoms with van der Waals surface area (Å²) in [6, 6.07) is 10.8. The number of hydrogen-bond donors (Lipinski definition) is 1. The van der Waals surface area contributed by atoms with Crippen LogP contribution in [0.2, 0.25) is 0 Å². The third-order valence-electron chi connectivity index (χ3n) is 4.38. The van der Waals surface area contributed by atoms with Gasteiger partial charge >= 0.3 is 0 Å². The van der Waals surface area contributed by atoms with Crippen LogP contribution in [0.1, 0.15) is 18.4 Å². The van der Waals surface area contributed by atoms with Crippen LogP contribution >= 0.6 is 0 Å². The molecule has 1 aliphatic heterocycles. The molecule has 0 bridgehead atoms. The number of halogens is 1. The van der Waals surface area contributed by atoms with Crippen LogP contribution in [0.15, 0.2) is 42.5 Å². The zero-order valence-corrected chi connectivity index (χ0v) is 16.9. The monoisotopic (exact) mass is 422 g/mol. The van der Waals surface area contributed by atoms with E-state index in [0.717, 1.165) is 11.8 Å². The van der Waals surface area contributed by atoms with Gasteiger partial charge in [0.15, 0.2) is 11.5 Å². The molecule has 1 aliphatic rings. The van der Waals surface area contributed by atoms with Crippen LogP contribution in [0.5, 0.6) is 11.5 Å². The Morgan fingerprint density at radius 1 is 1.10 bits per heavy atom. The van der Waals surface area contributed by atoms with Gasteiger partial charge in [0.1, 0.15) is 19.0 Å². The van der Waals surface area contributed by atoms with E-state index in [1.807, 2.05) is 0 Å². The molecule has 2 aromatic carbocycles. The van der Waals surface area contributed by atoms with Gasteiger partial charge in [0.05, 0.1) is 11.9 Å². The van der Waals surface area contributed by atoms with E-state index in [1.54, 1.807) is 30.3 Å². The first-order valence-corrected chi connectivity index (χ1v) is 11.1. The van der Waals surface area contributed by atoms with E-state index in [2.05, 4.69) is 5.32 Å². The van der Waals surface area contributed by atoms with Gasteiger partial charge < -0.3 is 14.8 Å². The summed E-state index contributed by atoms with van der Waals surface area (Å²) in [5.74, 6) is 0.540. The maximum atomic E-state index is 12.9. The number of fused-ring (bicyclic) bond motifs is 1. The molecule has 0 unspecified atom stereocenters. The number of rotatable bonds is 8. The summed E-state index contributed by atoms with van der Waals surface area (Å²) in [4.78, 5) is 12.1. The summed E-state index contributed by atoms with van der Waals surface area (Å²) < 4.78 is 49.6. The van der Waals surface area contributed by atoms with Gasteiger partial charge in [-0.2, -0.15) is 0 Å². The van der Waals surface area contributed by atoms with E-state index >= 15 is 0 Å². The van der Waals surface area contributed by atoms with Crippen LogP contribution < -0.4 is 19.1 Å². The molecule has 9 heteroatoms. The van der Waals surface area contributed by atoms with Crippen LogP contribution in [0.3, 0.4) is 0 Å². The standard InChI is InChI=1S/C20H23FN2O5S/c1-29(25,26)23(17-8-9-18-19(13-17)28-12-11-27-18)10-2-3-20(24)22-14-15-4-6-16(21)7-5-15/h4-9,13H,2-3,10-12,14H2,1H3,(H,22,24). The molecular formula is C20H23FN2O5S. The van der Waals surface area contributed by atoms with Gasteiger partial charge in [-0.25, -0.2) is 12.8 Å². The molecule has 1 amide bonds. The first kappa shape index (κ1) is 20.9. The first-order chi connectivity index (χ1) is 13.8. The van der Waals surface area contributed by atoms with Crippen LogP contribution in [0.25, 0.3) is 0 Å². The predicted molar refractivity (Wildman–Crippen MR) is 107 cm³/mol. The Balaban J connectivity index is 1.56. The fraction of sp³-hybridized carbons (Fsp3) is 0.350. The molecule has 29 heavy (non-hydrogen) atoms. The third kappa shape index (κ3) is 5.83. The van der Waals surface area contributed by atoms with Crippen molar-refractivity contribution in [3.63, 3.8) is 0 Å². The number of nitrogens with zero attached hydrogens (tertiary/aromatic N) is 1. The maximum absolute atomic E-state index is 12.9. The largest absolute Gasteiger partial charge is 0.486 e. The second-order valence-corrected chi connectivity index (χ2v) is 8.58. The molecule has 0 aromatic heterocycles. The molecule has 1 N–H and O–H groups in total. The van der Waals surface area contributed by atoms with Crippen molar-refractivity contribution in [2.45, 2.75) is 19.4 Å². The van der Waals surface area contributed by atoms with Gasteiger partial charge in [-0.3, -0.25) is 9.10 Å². The van der Waals surface area contributed by atoms with Crippen LogP contribution in [-0.2, 0) is 21.4 Å². The summed E-state index contributed by atoms with van der Waals surface area (Å²) in [6.07, 6.45) is 1.63. The molecule has 0 radical (unpaired) electrons. The van der Waals surface area contributed by atoms with Crippen molar-refractivity contribution in [2.24, 2.45) is 0 Å². The SMILES string of the molecule is CS(=O)(=O)N(CCCC(=O)NCc1ccc(F)cc1)c1ccc2c(c1)OCCO2. The number of carbonyl (C=O) groups excluding carboxylic acids is 1. The molecule has 0 spiro atoms. The van der Waals surface area contributed by atoms with Crippen LogP contribution in [-0.4, -0.2) is 40.3 Å². The lowest BCUT2D eigenvalue weighted by molar-refractivity contribution is -0.121. The minimum atomic E-state index is -3.53. The van der Waals surface area contributed by atoms with Crippen molar-refractivity contribution < 1.29 is 27.1 Å². The van der Waals surface area contributed by atoms with Crippen molar-refractivity contribution in [2.75, 3.05) is 30.3 Å². The number of sulfonamides is 1. The Labute approximate surface area is 169 Å². The van der Waals surface area contributed by atoms with Crippen molar-refractivity contribution >= 4 is 21.6 Å². The number of hydrogen-bond acceptors (Lipinski definition) is 5. The number of carbonyl (C=O) groups is 1. The van der Waals surface area contributed by atoms with E-state index in [4.69, 9.17) is 9.47 Å². The first-order valence-electron chi connectivity index (χ1n) is 9.21. The minimum absolute atomic E-state index is 0.155. The Hall–Kier alpha value is -2.81. The molecule has 7 nitrogen and oxygen atoms in total. The predicted octanol–water partition coefficient (Wildman–Crippen LogP) is 2.46. The maximum Gasteiger partial charge on any atom is 0.232 e. The normalized spacial score (nSPS) is 13.0. The summed E-state index contributed by atoms with van der Waals surface area (Å²) in [5.41, 5.74) is 1.25. The zero-order valence-electron chi connectivity index (χ0n) is 16.1. The van der Waals surface area contributed by atoms with E-state index in [-0.39, 0.29) is 31.2 Å². The molecule has 0 fully saturated rings. The number of nitrogens with one attached hydrogen (secondary N) is 1. The number of ether oxygens (including phenoxy) is 2. The highest BCUT2D eigenvalue weighted by atomic mass is 32.2. The average Bonchev–Trinajstić information content (AvgIpc) is 2.69. The molecule has 2 aromatic rings. The number of amides is 1. The fourth-order valence-corrected chi connectivity index (χ4v) is 3.91. The topological polar surface area (TPSA) is 84.9 Å². The van der Waals surface area contributed by atoms with Gasteiger partial charge in [-0.05, 0) is 36.2 Å². The van der Waals surface area contributed by atoms with E-state index in [0.29, 0.717) is 36.8 Å². The van der Waals surface area contributed by atoms with Crippen LogP contribution in [0, 0.1) is 5.82 Å². The molecule has 0 saturated carbocycles. The second-order valence-electron chi connectivity index (χ2n) is 6.67. The average molecular weight is 422 g/mol. The summed E-state index contributed by atoms with van der Waals surface area (Å²) in [7, 11) is -3.53. The lowest BCUT2D eigenvalue weighted by atomic mass is 10.2. The van der Waals surface area contributed by atoms with Gasteiger partial charge in [0.25, 0.3) is 0 Å². The molecule has 1 heterocycles. The number of benzene rings is 2. The Morgan fingerprint density at radius 2 is 1.79 bits per heavy atom. The summed E-state index contributed by atoms with van der Waals surface area (Å²) >= 11 is 0. The molecule has 3 rings (SSSR count). The quantitative estimate of drug-likeness (QED) is 0.706. The third-order valence-corrected chi connectivity index (χ3v) is 5.58. The molecule has 0 atom stereocenters. The van der Waals surface area contributed by atoms with Crippen molar-refractivity contribution in [3.8, 4) is 11.5 Å². The van der Waals surface area contributed by atoms with Gasteiger partial charge in [-0.1, -0.05) is 12.1 Å². The van der Waals surface area contributed by atoms with Gasteiger partial charge in [0.2, 0.25) is 15.9 Å². The minimum Gasteiger partial charge on any atom is -0.486 e. The molecule has 0 aliphatic carbocycles. The molecular weight excluding hydrogens is 399 g/mol. The molecule has 0 saturated heterocycles. The highest BCUT2D eigenvalue weighted by Gasteiger charge is 2.21. The zero-order chi connectivity index (χ0) is 20.9. The van der Waals surface area contributed by atoms with E-state index < -0.39 is 10.0 Å². The van der Waals surface area contributed by atoms with Crippen molar-refractivity contribution in [3.05, 3.63) is 53.8 Å².